The Labute approximate surface area is 234 Å². The van der Waals surface area contributed by atoms with Crippen LogP contribution in [0.25, 0.3) is 49.2 Å². The molecule has 5 aromatic rings. The number of pyridine rings is 1. The van der Waals surface area contributed by atoms with Crippen LogP contribution in [0.5, 0.6) is 0 Å². The van der Waals surface area contributed by atoms with Crippen LogP contribution >= 0.6 is 11.3 Å². The lowest BCUT2D eigenvalue weighted by Crippen LogP contribution is -2.20. The maximum atomic E-state index is 4.78. The third-order valence-electron chi connectivity index (χ3n) is 7.72. The molecule has 1 aromatic carbocycles. The second kappa shape index (κ2) is 11.2. The Kier molecular flexibility index (Phi) is 7.31. The van der Waals surface area contributed by atoms with E-state index in [4.69, 9.17) is 10.1 Å². The zero-order valence-electron chi connectivity index (χ0n) is 22.8. The number of aryl methyl sites for hydroxylation is 1. The number of H-pyrrole nitrogens is 2. The summed E-state index contributed by atoms with van der Waals surface area (Å²) in [5.41, 5.74) is 8.50. The van der Waals surface area contributed by atoms with E-state index in [1.807, 2.05) is 23.6 Å². The number of thiophene rings is 1. The number of nitrogens with one attached hydrogen (secondary N) is 2. The van der Waals surface area contributed by atoms with E-state index in [0.717, 1.165) is 58.5 Å². The average Bonchev–Trinajstić information content (AvgIpc) is 3.76. The summed E-state index contributed by atoms with van der Waals surface area (Å²) in [6.45, 7) is 12.0. The van der Waals surface area contributed by atoms with Gasteiger partial charge in [0.25, 0.3) is 0 Å². The predicted molar refractivity (Wildman–Crippen MR) is 166 cm³/mol. The van der Waals surface area contributed by atoms with Crippen LogP contribution in [-0.2, 0) is 0 Å². The molecule has 6 rings (SSSR count). The Morgan fingerprint density at radius 1 is 1.10 bits per heavy atom. The number of benzene rings is 1. The van der Waals surface area contributed by atoms with Crippen molar-refractivity contribution in [2.75, 3.05) is 19.6 Å². The first-order chi connectivity index (χ1) is 19.1. The molecule has 0 radical (unpaired) electrons. The van der Waals surface area contributed by atoms with E-state index in [-0.39, 0.29) is 0 Å². The average molecular weight is 534 g/mol. The number of aromatic amines is 2. The predicted octanol–water partition coefficient (Wildman–Crippen LogP) is 8.53. The molecule has 1 aliphatic rings. The van der Waals surface area contributed by atoms with Crippen molar-refractivity contribution in [1.82, 2.24) is 25.1 Å². The van der Waals surface area contributed by atoms with Gasteiger partial charge in [0.2, 0.25) is 0 Å². The molecule has 4 aromatic heterocycles. The minimum atomic E-state index is 0.909. The van der Waals surface area contributed by atoms with Crippen LogP contribution in [0.3, 0.4) is 0 Å². The molecule has 5 heterocycles. The Morgan fingerprint density at radius 3 is 2.74 bits per heavy atom. The Hall–Kier alpha value is -3.74. The minimum Gasteiger partial charge on any atom is -0.353 e. The summed E-state index contributed by atoms with van der Waals surface area (Å²) in [5, 5.41) is 10.2. The highest BCUT2D eigenvalue weighted by atomic mass is 32.1. The van der Waals surface area contributed by atoms with E-state index < -0.39 is 0 Å². The molecule has 1 aliphatic heterocycles. The zero-order valence-corrected chi connectivity index (χ0v) is 23.6. The van der Waals surface area contributed by atoms with Gasteiger partial charge < -0.3 is 9.88 Å². The van der Waals surface area contributed by atoms with E-state index in [9.17, 15) is 0 Å². The van der Waals surface area contributed by atoms with Crippen LogP contribution in [0.4, 0.5) is 0 Å². The van der Waals surface area contributed by atoms with Crippen LogP contribution in [-0.4, -0.2) is 44.7 Å². The van der Waals surface area contributed by atoms with Crippen molar-refractivity contribution in [3.8, 4) is 21.8 Å². The summed E-state index contributed by atoms with van der Waals surface area (Å²) in [6.07, 6.45) is 13.1. The summed E-state index contributed by atoms with van der Waals surface area (Å²) in [6, 6.07) is 15.2. The van der Waals surface area contributed by atoms with Crippen molar-refractivity contribution in [3.63, 3.8) is 0 Å². The minimum absolute atomic E-state index is 0.909. The van der Waals surface area contributed by atoms with E-state index in [2.05, 4.69) is 90.0 Å². The number of allylic oxidation sites excluding steroid dienone is 5. The fraction of sp³-hybridized carbons (Fsp3) is 0.273. The van der Waals surface area contributed by atoms with Gasteiger partial charge in [-0.05, 0) is 107 Å². The molecule has 0 unspecified atom stereocenters. The van der Waals surface area contributed by atoms with E-state index in [0.29, 0.717) is 0 Å². The largest absolute Gasteiger partial charge is 0.353 e. The molecule has 2 N–H and O–H groups in total. The topological polar surface area (TPSA) is 60.6 Å². The van der Waals surface area contributed by atoms with Crippen molar-refractivity contribution in [3.05, 3.63) is 89.6 Å². The summed E-state index contributed by atoms with van der Waals surface area (Å²) < 4.78 is 0. The maximum absolute atomic E-state index is 4.78. The lowest BCUT2D eigenvalue weighted by atomic mass is 10.0. The first-order valence-corrected chi connectivity index (χ1v) is 14.7. The van der Waals surface area contributed by atoms with Gasteiger partial charge in [-0.1, -0.05) is 30.9 Å². The number of hydrogen-bond donors (Lipinski definition) is 2. The van der Waals surface area contributed by atoms with Gasteiger partial charge in [-0.15, -0.1) is 11.3 Å². The first-order valence-electron chi connectivity index (χ1n) is 13.9. The Balaban J connectivity index is 1.30. The van der Waals surface area contributed by atoms with Gasteiger partial charge in [-0.3, -0.25) is 10.1 Å². The molecule has 0 aliphatic carbocycles. The summed E-state index contributed by atoms with van der Waals surface area (Å²) in [4.78, 5) is 13.6. The Bertz CT molecular complexity index is 1690. The van der Waals surface area contributed by atoms with Gasteiger partial charge in [0.15, 0.2) is 0 Å². The molecule has 0 saturated carbocycles. The summed E-state index contributed by atoms with van der Waals surface area (Å²) in [7, 11) is 0. The van der Waals surface area contributed by atoms with Crippen molar-refractivity contribution >= 4 is 38.7 Å². The lowest BCUT2D eigenvalue weighted by molar-refractivity contribution is 0.334. The van der Waals surface area contributed by atoms with Gasteiger partial charge in [-0.25, -0.2) is 0 Å². The number of rotatable bonds is 9. The fourth-order valence-electron chi connectivity index (χ4n) is 5.61. The van der Waals surface area contributed by atoms with Gasteiger partial charge in [0, 0.05) is 31.6 Å². The zero-order chi connectivity index (χ0) is 26.8. The molecule has 1 saturated heterocycles. The van der Waals surface area contributed by atoms with E-state index in [1.165, 1.54) is 52.2 Å². The van der Waals surface area contributed by atoms with Crippen molar-refractivity contribution in [2.45, 2.75) is 39.5 Å². The van der Waals surface area contributed by atoms with Gasteiger partial charge in [-0.2, -0.15) is 5.10 Å². The van der Waals surface area contributed by atoms with Gasteiger partial charge >= 0.3 is 0 Å². The molecule has 39 heavy (non-hydrogen) atoms. The third-order valence-corrected chi connectivity index (χ3v) is 8.75. The van der Waals surface area contributed by atoms with Crippen LogP contribution in [0, 0.1) is 6.92 Å². The number of hydrogen-bond acceptors (Lipinski definition) is 4. The highest BCUT2D eigenvalue weighted by Crippen LogP contribution is 2.37. The van der Waals surface area contributed by atoms with Crippen LogP contribution < -0.4 is 0 Å². The smallest absolute Gasteiger partial charge is 0.116 e. The van der Waals surface area contributed by atoms with E-state index >= 15 is 0 Å². The third kappa shape index (κ3) is 5.27. The molecule has 0 spiro atoms. The van der Waals surface area contributed by atoms with Crippen LogP contribution in [0.2, 0.25) is 0 Å². The highest BCUT2D eigenvalue weighted by molar-refractivity contribution is 7.15. The molecule has 198 valence electrons. The van der Waals surface area contributed by atoms with Gasteiger partial charge in [0.1, 0.15) is 5.69 Å². The molecular weight excluding hydrogens is 498 g/mol. The monoisotopic (exact) mass is 533 g/mol. The van der Waals surface area contributed by atoms with Crippen LogP contribution in [0.1, 0.15) is 43.2 Å². The number of nitrogens with zero attached hydrogens (tertiary/aromatic N) is 3. The Morgan fingerprint density at radius 2 is 1.97 bits per heavy atom. The molecule has 1 fully saturated rings. The van der Waals surface area contributed by atoms with E-state index in [1.54, 1.807) is 0 Å². The van der Waals surface area contributed by atoms with Gasteiger partial charge in [0.05, 0.1) is 23.1 Å². The molecule has 6 heteroatoms. The lowest BCUT2D eigenvalue weighted by Gasteiger charge is -2.14. The normalized spacial score (nSPS) is 15.1. The summed E-state index contributed by atoms with van der Waals surface area (Å²) in [5.74, 6) is 0. The molecule has 5 nitrogen and oxygen atoms in total. The number of likely N-dealkylation sites (tertiary alicyclic amines) is 1. The number of aromatic nitrogens is 4. The van der Waals surface area contributed by atoms with Crippen molar-refractivity contribution < 1.29 is 0 Å². The molecule has 0 bridgehead atoms. The van der Waals surface area contributed by atoms with Crippen LogP contribution in [0.15, 0.2) is 79.0 Å². The molecule has 0 atom stereocenters. The first kappa shape index (κ1) is 25.5. The quantitative estimate of drug-likeness (QED) is 0.187. The number of fused-ring (bicyclic) bond motifs is 2. The maximum Gasteiger partial charge on any atom is 0.116 e. The second-order valence-corrected chi connectivity index (χ2v) is 11.7. The highest BCUT2D eigenvalue weighted by Gasteiger charge is 2.16. The fourth-order valence-corrected chi connectivity index (χ4v) is 6.51. The van der Waals surface area contributed by atoms with Crippen molar-refractivity contribution in [1.29, 1.82) is 0 Å². The molecule has 0 amide bonds. The second-order valence-electron chi connectivity index (χ2n) is 10.4. The standard InChI is InChI=1S/C33H35N5S/c1-4-23(10-9-17-38-15-6-7-16-38)18-24(5-2)29-20-27-31(21-34-29)36-37-33(27)30-19-26-25(11-8-12-28(26)35-30)32-14-13-22(3)39-32/h4-5,8,11-14,18-21,35H,1,6-7,9-10,15-17H2,2-3H3,(H,36,37)/b23-18+,24-5+. The SMILES string of the molecule is C=C/C(=C\C(=C/C)c1cc2c(-c3cc4c(-c5ccc(C)s5)cccc4[nH]3)n[nH]c2cn1)CCCN1CCCC1. The van der Waals surface area contributed by atoms with Crippen molar-refractivity contribution in [2.24, 2.45) is 0 Å². The molecular formula is C33H35N5S. The summed E-state index contributed by atoms with van der Waals surface area (Å²) >= 11 is 1.83.